The number of nitrogens with zero attached hydrogens (tertiary/aromatic N) is 4. The Bertz CT molecular complexity index is 975. The Hall–Kier alpha value is -2.61. The van der Waals surface area contributed by atoms with Gasteiger partial charge in [0.2, 0.25) is 0 Å². The van der Waals surface area contributed by atoms with Crippen molar-refractivity contribution >= 4 is 21.2 Å². The molecule has 2 aromatic heterocycles. The molecule has 1 aromatic carbocycles. The normalized spacial score (nSPS) is 12.3. The van der Waals surface area contributed by atoms with E-state index in [1.54, 1.807) is 37.4 Å². The van der Waals surface area contributed by atoms with E-state index in [1.807, 2.05) is 6.92 Å². The van der Waals surface area contributed by atoms with E-state index in [-0.39, 0.29) is 4.90 Å². The summed E-state index contributed by atoms with van der Waals surface area (Å²) in [5.41, 5.74) is 2.49. The molecule has 0 aliphatic rings. The minimum absolute atomic E-state index is 0.219. The number of fused-ring (bicyclic) bond motifs is 1. The van der Waals surface area contributed by atoms with Crippen molar-refractivity contribution in [3.63, 3.8) is 0 Å². The number of aromatic nitrogens is 3. The zero-order chi connectivity index (χ0) is 16.4. The van der Waals surface area contributed by atoms with Crippen LogP contribution in [0.1, 0.15) is 11.3 Å². The SMILES string of the molecule is C[NH+]=NCc1cnc2c(ccn2S(=O)(=O)c2ccc(C)cc2)n1. The molecule has 0 saturated heterocycles. The number of azo groups is 1. The lowest BCUT2D eigenvalue weighted by Crippen LogP contribution is -2.59. The molecule has 118 valence electrons. The summed E-state index contributed by atoms with van der Waals surface area (Å²) in [7, 11) is -1.99. The third-order valence-corrected chi connectivity index (χ3v) is 5.06. The van der Waals surface area contributed by atoms with Gasteiger partial charge in [-0.05, 0) is 30.2 Å². The highest BCUT2D eigenvalue weighted by Crippen LogP contribution is 2.20. The maximum absolute atomic E-state index is 12.7. The second-order valence-corrected chi connectivity index (χ2v) is 6.85. The molecule has 0 spiro atoms. The predicted octanol–water partition coefficient (Wildman–Crippen LogP) is 0.639. The van der Waals surface area contributed by atoms with Crippen molar-refractivity contribution in [2.75, 3.05) is 7.05 Å². The Morgan fingerprint density at radius 3 is 2.65 bits per heavy atom. The molecule has 3 aromatic rings. The molecular formula is C15H16N5O2S+. The first-order chi connectivity index (χ1) is 11.0. The molecule has 1 N–H and O–H groups in total. The van der Waals surface area contributed by atoms with Gasteiger partial charge in [-0.15, -0.1) is 5.11 Å². The minimum atomic E-state index is -3.69. The van der Waals surface area contributed by atoms with Gasteiger partial charge in [0.25, 0.3) is 10.0 Å². The van der Waals surface area contributed by atoms with Gasteiger partial charge in [0.15, 0.2) is 12.7 Å². The van der Waals surface area contributed by atoms with Crippen molar-refractivity contribution in [3.05, 3.63) is 54.0 Å². The molecule has 23 heavy (non-hydrogen) atoms. The third kappa shape index (κ3) is 2.85. The molecule has 0 fully saturated rings. The van der Waals surface area contributed by atoms with E-state index in [0.29, 0.717) is 23.4 Å². The van der Waals surface area contributed by atoms with E-state index < -0.39 is 10.0 Å². The maximum atomic E-state index is 12.7. The number of benzene rings is 1. The molecule has 7 nitrogen and oxygen atoms in total. The zero-order valence-electron chi connectivity index (χ0n) is 12.8. The van der Waals surface area contributed by atoms with E-state index in [1.165, 1.54) is 12.4 Å². The van der Waals surface area contributed by atoms with Crippen molar-refractivity contribution in [2.24, 2.45) is 5.11 Å². The zero-order valence-corrected chi connectivity index (χ0v) is 13.6. The number of rotatable bonds is 4. The van der Waals surface area contributed by atoms with Gasteiger partial charge >= 0.3 is 0 Å². The van der Waals surface area contributed by atoms with Crippen molar-refractivity contribution in [1.82, 2.24) is 13.9 Å². The maximum Gasteiger partial charge on any atom is 0.269 e. The number of hydrogen-bond acceptors (Lipinski definition) is 5. The summed E-state index contributed by atoms with van der Waals surface area (Å²) < 4.78 is 26.6. The van der Waals surface area contributed by atoms with Gasteiger partial charge in [0.05, 0.1) is 16.8 Å². The molecular weight excluding hydrogens is 314 g/mol. The smallest absolute Gasteiger partial charge is 0.246 e. The van der Waals surface area contributed by atoms with Gasteiger partial charge in [-0.2, -0.15) is 0 Å². The minimum Gasteiger partial charge on any atom is -0.246 e. The number of aryl methyl sites for hydroxylation is 1. The standard InChI is InChI=1S/C15H15N5O2S/c1-11-3-5-13(6-4-11)23(21,22)20-8-7-14-15(20)17-9-12(19-14)10-18-16-2/h3-9H,10H2,1-2H3/p+1. The Kier molecular flexibility index (Phi) is 3.91. The van der Waals surface area contributed by atoms with Gasteiger partial charge < -0.3 is 0 Å². The Morgan fingerprint density at radius 2 is 1.96 bits per heavy atom. The fraction of sp³-hybridized carbons (Fsp3) is 0.200. The van der Waals surface area contributed by atoms with Crippen LogP contribution in [0.4, 0.5) is 0 Å². The van der Waals surface area contributed by atoms with Gasteiger partial charge in [-0.3, -0.25) is 0 Å². The second kappa shape index (κ2) is 5.88. The summed E-state index contributed by atoms with van der Waals surface area (Å²) in [6.07, 6.45) is 3.00. The highest BCUT2D eigenvalue weighted by Gasteiger charge is 2.20. The average molecular weight is 330 g/mol. The van der Waals surface area contributed by atoms with Crippen LogP contribution in [0.15, 0.2) is 52.7 Å². The van der Waals surface area contributed by atoms with E-state index in [4.69, 9.17) is 0 Å². The summed E-state index contributed by atoms with van der Waals surface area (Å²) in [5.74, 6) is 0. The van der Waals surface area contributed by atoms with E-state index in [0.717, 1.165) is 9.54 Å². The molecule has 0 aliphatic heterocycles. The Labute approximate surface area is 133 Å². The highest BCUT2D eigenvalue weighted by atomic mass is 32.2. The summed E-state index contributed by atoms with van der Waals surface area (Å²) in [6.45, 7) is 2.28. The van der Waals surface area contributed by atoms with E-state index in [9.17, 15) is 8.42 Å². The van der Waals surface area contributed by atoms with Crippen LogP contribution in [0, 0.1) is 6.92 Å². The monoisotopic (exact) mass is 330 g/mol. The first kappa shape index (κ1) is 15.3. The molecule has 0 unspecified atom stereocenters. The summed E-state index contributed by atoms with van der Waals surface area (Å²) >= 11 is 0. The molecule has 0 bridgehead atoms. The molecule has 0 amide bonds. The molecule has 0 atom stereocenters. The van der Waals surface area contributed by atoms with Crippen LogP contribution in [0.25, 0.3) is 11.2 Å². The number of nitrogens with one attached hydrogen (secondary N) is 1. The van der Waals surface area contributed by atoms with Gasteiger partial charge in [-0.25, -0.2) is 22.4 Å². The van der Waals surface area contributed by atoms with Crippen molar-refractivity contribution in [1.29, 1.82) is 0 Å². The Morgan fingerprint density at radius 1 is 1.22 bits per heavy atom. The van der Waals surface area contributed by atoms with Crippen molar-refractivity contribution < 1.29 is 13.5 Å². The first-order valence-corrected chi connectivity index (χ1v) is 8.45. The van der Waals surface area contributed by atoms with Gasteiger partial charge in [-0.1, -0.05) is 17.7 Å². The van der Waals surface area contributed by atoms with Crippen LogP contribution in [-0.2, 0) is 16.6 Å². The van der Waals surface area contributed by atoms with Crippen molar-refractivity contribution in [2.45, 2.75) is 18.4 Å². The summed E-state index contributed by atoms with van der Waals surface area (Å²) in [4.78, 5) is 8.83. The summed E-state index contributed by atoms with van der Waals surface area (Å²) in [5, 5.41) is 6.66. The second-order valence-electron chi connectivity index (χ2n) is 5.04. The van der Waals surface area contributed by atoms with Crippen LogP contribution >= 0.6 is 0 Å². The van der Waals surface area contributed by atoms with Crippen LogP contribution in [-0.4, -0.2) is 29.4 Å². The molecule has 0 radical (unpaired) electrons. The number of hydrogen-bond donors (Lipinski definition) is 1. The average Bonchev–Trinajstić information content (AvgIpc) is 2.97. The quantitative estimate of drug-likeness (QED) is 0.711. The van der Waals surface area contributed by atoms with Crippen LogP contribution < -0.4 is 5.11 Å². The topological polar surface area (TPSA) is 91.2 Å². The molecule has 8 heteroatoms. The Balaban J connectivity index is 2.07. The van der Waals surface area contributed by atoms with Crippen LogP contribution in [0.3, 0.4) is 0 Å². The predicted molar refractivity (Wildman–Crippen MR) is 84.3 cm³/mol. The lowest BCUT2D eigenvalue weighted by Gasteiger charge is -2.07. The third-order valence-electron chi connectivity index (χ3n) is 3.38. The fourth-order valence-electron chi connectivity index (χ4n) is 2.18. The van der Waals surface area contributed by atoms with Gasteiger partial charge in [0, 0.05) is 6.20 Å². The molecule has 0 saturated carbocycles. The molecule has 0 aliphatic carbocycles. The highest BCUT2D eigenvalue weighted by molar-refractivity contribution is 7.90. The van der Waals surface area contributed by atoms with E-state index >= 15 is 0 Å². The van der Waals surface area contributed by atoms with Crippen LogP contribution in [0.2, 0.25) is 0 Å². The largest absolute Gasteiger partial charge is 0.269 e. The molecule has 3 rings (SSSR count). The lowest BCUT2D eigenvalue weighted by atomic mass is 10.2. The van der Waals surface area contributed by atoms with Crippen molar-refractivity contribution in [3.8, 4) is 0 Å². The first-order valence-electron chi connectivity index (χ1n) is 7.01. The fourth-order valence-corrected chi connectivity index (χ4v) is 3.48. The van der Waals surface area contributed by atoms with Gasteiger partial charge in [0.1, 0.15) is 12.1 Å². The lowest BCUT2D eigenvalue weighted by molar-refractivity contribution is -0.502. The summed E-state index contributed by atoms with van der Waals surface area (Å²) in [6, 6.07) is 8.34. The van der Waals surface area contributed by atoms with Crippen LogP contribution in [0.5, 0.6) is 0 Å². The van der Waals surface area contributed by atoms with E-state index in [2.05, 4.69) is 20.2 Å². The molecule has 2 heterocycles.